The van der Waals surface area contributed by atoms with E-state index in [4.69, 9.17) is 10.2 Å². The average molecular weight is 386 g/mol. The number of nitrogens with two attached hydrogens (primary N) is 1. The lowest BCUT2D eigenvalue weighted by Gasteiger charge is -2.09. The number of amides is 1. The second-order valence-corrected chi connectivity index (χ2v) is 7.60. The third-order valence-corrected chi connectivity index (χ3v) is 4.53. The maximum absolute atomic E-state index is 12.2. The summed E-state index contributed by atoms with van der Waals surface area (Å²) < 4.78 is 5.66. The van der Waals surface area contributed by atoms with Crippen molar-refractivity contribution in [2.24, 2.45) is 11.7 Å². The highest BCUT2D eigenvalue weighted by atomic mass is 32.1. The number of oxazole rings is 1. The van der Waals surface area contributed by atoms with Gasteiger partial charge in [0.25, 0.3) is 0 Å². The summed E-state index contributed by atoms with van der Waals surface area (Å²) in [4.78, 5) is 28.3. The van der Waals surface area contributed by atoms with E-state index in [0.717, 1.165) is 22.8 Å². The minimum atomic E-state index is -0.681. The molecule has 3 aromatic rings. The van der Waals surface area contributed by atoms with Gasteiger partial charge in [-0.05, 0) is 12.0 Å². The van der Waals surface area contributed by atoms with Crippen LogP contribution in [0.3, 0.4) is 0 Å². The molecule has 3 rings (SSSR count). The van der Waals surface area contributed by atoms with Crippen molar-refractivity contribution in [3.63, 3.8) is 0 Å². The Kier molecular flexibility index (Phi) is 6.15. The fraction of sp³-hybridized carbons (Fsp3) is 0.333. The monoisotopic (exact) mass is 386 g/mol. The molecule has 27 heavy (non-hydrogen) atoms. The number of aromatic nitrogens is 4. The van der Waals surface area contributed by atoms with Crippen LogP contribution in [-0.4, -0.2) is 31.9 Å². The quantitative estimate of drug-likeness (QED) is 0.547. The SMILES string of the molecule is CC(C)Cc1cnc(/C=C/c2cnc(NC(=O)C(N)Cc3cnc[nH]3)s2)o1. The Bertz CT molecular complexity index is 897. The van der Waals surface area contributed by atoms with Crippen LogP contribution >= 0.6 is 11.3 Å². The molecule has 0 saturated carbocycles. The van der Waals surface area contributed by atoms with Crippen LogP contribution in [0.15, 0.2) is 29.3 Å². The molecule has 1 atom stereocenters. The number of H-pyrrole nitrogens is 1. The number of hydrogen-bond acceptors (Lipinski definition) is 7. The highest BCUT2D eigenvalue weighted by Crippen LogP contribution is 2.21. The molecule has 0 aliphatic heterocycles. The van der Waals surface area contributed by atoms with Gasteiger partial charge in [0.2, 0.25) is 11.8 Å². The molecule has 3 aromatic heterocycles. The fourth-order valence-corrected chi connectivity index (χ4v) is 3.12. The second kappa shape index (κ2) is 8.74. The molecule has 4 N–H and O–H groups in total. The number of thiazole rings is 1. The van der Waals surface area contributed by atoms with Gasteiger partial charge >= 0.3 is 0 Å². The molecule has 3 heterocycles. The highest BCUT2D eigenvalue weighted by Gasteiger charge is 2.16. The summed E-state index contributed by atoms with van der Waals surface area (Å²) in [7, 11) is 0. The van der Waals surface area contributed by atoms with Gasteiger partial charge in [-0.15, -0.1) is 0 Å². The zero-order valence-corrected chi connectivity index (χ0v) is 16.0. The Labute approximate surface area is 160 Å². The van der Waals surface area contributed by atoms with Crippen molar-refractivity contribution < 1.29 is 9.21 Å². The van der Waals surface area contributed by atoms with Crippen molar-refractivity contribution in [2.45, 2.75) is 32.7 Å². The predicted octanol–water partition coefficient (Wildman–Crippen LogP) is 2.73. The van der Waals surface area contributed by atoms with E-state index in [2.05, 4.69) is 39.1 Å². The van der Waals surface area contributed by atoms with Gasteiger partial charge in [-0.2, -0.15) is 0 Å². The van der Waals surface area contributed by atoms with E-state index in [1.807, 2.05) is 6.08 Å². The molecule has 142 valence electrons. The molecule has 0 aromatic carbocycles. The van der Waals surface area contributed by atoms with E-state index < -0.39 is 6.04 Å². The third-order valence-electron chi connectivity index (χ3n) is 3.66. The first-order valence-corrected chi connectivity index (χ1v) is 9.43. The lowest BCUT2D eigenvalue weighted by molar-refractivity contribution is -0.117. The fourth-order valence-electron chi connectivity index (χ4n) is 2.40. The molecule has 9 heteroatoms. The Hall–Kier alpha value is -2.78. The van der Waals surface area contributed by atoms with Gasteiger partial charge in [-0.3, -0.25) is 4.79 Å². The van der Waals surface area contributed by atoms with E-state index in [9.17, 15) is 4.79 Å². The first-order chi connectivity index (χ1) is 13.0. The van der Waals surface area contributed by atoms with Crippen molar-refractivity contribution >= 4 is 34.5 Å². The molecule has 0 spiro atoms. The highest BCUT2D eigenvalue weighted by molar-refractivity contribution is 7.16. The summed E-state index contributed by atoms with van der Waals surface area (Å²) in [6, 6.07) is -0.681. The Morgan fingerprint density at radius 1 is 1.30 bits per heavy atom. The standard InChI is InChI=1S/C18H22N6O2S/c1-11(2)5-13-8-21-16(26-13)4-3-14-9-22-18(27-14)24-17(25)15(19)6-12-7-20-10-23-12/h3-4,7-11,15H,5-6,19H2,1-2H3,(H,20,23)(H,22,24,25)/b4-3+. The van der Waals surface area contributed by atoms with Crippen LogP contribution in [-0.2, 0) is 17.6 Å². The number of aromatic amines is 1. The van der Waals surface area contributed by atoms with E-state index in [0.29, 0.717) is 23.4 Å². The molecule has 0 saturated heterocycles. The maximum atomic E-state index is 12.2. The molecule has 1 unspecified atom stereocenters. The van der Waals surface area contributed by atoms with Crippen LogP contribution in [0.25, 0.3) is 12.2 Å². The number of imidazole rings is 1. The van der Waals surface area contributed by atoms with Crippen LogP contribution in [0, 0.1) is 5.92 Å². The minimum absolute atomic E-state index is 0.291. The number of nitrogens with zero attached hydrogens (tertiary/aromatic N) is 3. The number of carbonyl (C=O) groups excluding carboxylic acids is 1. The normalized spacial score (nSPS) is 12.7. The van der Waals surface area contributed by atoms with Crippen molar-refractivity contribution in [3.05, 3.63) is 47.1 Å². The van der Waals surface area contributed by atoms with Crippen LogP contribution in [0.1, 0.15) is 36.1 Å². The number of anilines is 1. The number of nitrogens with one attached hydrogen (secondary N) is 2. The van der Waals surface area contributed by atoms with Gasteiger partial charge in [0.05, 0.1) is 18.6 Å². The van der Waals surface area contributed by atoms with E-state index in [1.54, 1.807) is 31.0 Å². The zero-order chi connectivity index (χ0) is 19.2. The van der Waals surface area contributed by atoms with Crippen molar-refractivity contribution in [1.82, 2.24) is 19.9 Å². The summed E-state index contributed by atoms with van der Waals surface area (Å²) in [5.41, 5.74) is 6.73. The molecule has 1 amide bonds. The first kappa shape index (κ1) is 19.0. The van der Waals surface area contributed by atoms with Crippen LogP contribution in [0.4, 0.5) is 5.13 Å². The topological polar surface area (TPSA) is 123 Å². The van der Waals surface area contributed by atoms with Gasteiger partial charge < -0.3 is 20.5 Å². The van der Waals surface area contributed by atoms with Crippen LogP contribution in [0.2, 0.25) is 0 Å². The summed E-state index contributed by atoms with van der Waals surface area (Å²) in [5.74, 6) is 1.64. The van der Waals surface area contributed by atoms with Gasteiger partial charge in [0, 0.05) is 41.9 Å². The number of rotatable bonds is 8. The average Bonchev–Trinajstić information content (AvgIpc) is 3.35. The summed E-state index contributed by atoms with van der Waals surface area (Å²) in [6.45, 7) is 4.26. The molecule has 0 bridgehead atoms. The molecular weight excluding hydrogens is 364 g/mol. The number of carbonyl (C=O) groups is 1. The van der Waals surface area contributed by atoms with Gasteiger partial charge in [0.1, 0.15) is 5.76 Å². The van der Waals surface area contributed by atoms with Gasteiger partial charge in [-0.25, -0.2) is 15.0 Å². The molecule has 8 nitrogen and oxygen atoms in total. The molecule has 0 fully saturated rings. The summed E-state index contributed by atoms with van der Waals surface area (Å²) in [6.07, 6.45) is 11.5. The zero-order valence-electron chi connectivity index (χ0n) is 15.2. The minimum Gasteiger partial charge on any atom is -0.442 e. The lowest BCUT2D eigenvalue weighted by Crippen LogP contribution is -2.37. The van der Waals surface area contributed by atoms with Crippen LogP contribution in [0.5, 0.6) is 0 Å². The van der Waals surface area contributed by atoms with E-state index >= 15 is 0 Å². The van der Waals surface area contributed by atoms with Crippen molar-refractivity contribution in [2.75, 3.05) is 5.32 Å². The Balaban J connectivity index is 1.54. The molecular formula is C18H22N6O2S. The molecule has 0 aliphatic rings. The third kappa shape index (κ3) is 5.60. The Morgan fingerprint density at radius 2 is 2.15 bits per heavy atom. The largest absolute Gasteiger partial charge is 0.442 e. The van der Waals surface area contributed by atoms with Crippen molar-refractivity contribution in [3.8, 4) is 0 Å². The summed E-state index contributed by atoms with van der Waals surface area (Å²) >= 11 is 1.35. The van der Waals surface area contributed by atoms with E-state index in [1.165, 1.54) is 11.3 Å². The molecule has 0 radical (unpaired) electrons. The first-order valence-electron chi connectivity index (χ1n) is 8.62. The number of hydrogen-bond donors (Lipinski definition) is 3. The van der Waals surface area contributed by atoms with E-state index in [-0.39, 0.29) is 5.91 Å². The molecule has 0 aliphatic carbocycles. The van der Waals surface area contributed by atoms with Crippen molar-refractivity contribution in [1.29, 1.82) is 0 Å². The van der Waals surface area contributed by atoms with Gasteiger partial charge in [-0.1, -0.05) is 25.2 Å². The Morgan fingerprint density at radius 3 is 2.89 bits per heavy atom. The van der Waals surface area contributed by atoms with Gasteiger partial charge in [0.15, 0.2) is 5.13 Å². The summed E-state index contributed by atoms with van der Waals surface area (Å²) in [5, 5.41) is 3.23. The smallest absolute Gasteiger partial charge is 0.243 e. The predicted molar refractivity (Wildman–Crippen MR) is 105 cm³/mol. The van der Waals surface area contributed by atoms with Crippen LogP contribution < -0.4 is 11.1 Å². The maximum Gasteiger partial charge on any atom is 0.243 e. The lowest BCUT2D eigenvalue weighted by atomic mass is 10.1. The second-order valence-electron chi connectivity index (χ2n) is 6.54.